The van der Waals surface area contributed by atoms with E-state index in [-0.39, 0.29) is 11.7 Å². The van der Waals surface area contributed by atoms with Crippen LogP contribution in [0.4, 0.5) is 11.4 Å². The van der Waals surface area contributed by atoms with E-state index < -0.39 is 5.97 Å². The van der Waals surface area contributed by atoms with Gasteiger partial charge in [-0.3, -0.25) is 0 Å². The van der Waals surface area contributed by atoms with Crippen LogP contribution in [0.25, 0.3) is 0 Å². The van der Waals surface area contributed by atoms with Crippen LogP contribution in [0.15, 0.2) is 18.2 Å². The van der Waals surface area contributed by atoms with Gasteiger partial charge in [0.1, 0.15) is 0 Å². The Balaban J connectivity index is 2.18. The molecule has 1 fully saturated rings. The van der Waals surface area contributed by atoms with Gasteiger partial charge in [-0.1, -0.05) is 6.92 Å². The number of benzene rings is 1. The van der Waals surface area contributed by atoms with E-state index in [9.17, 15) is 4.79 Å². The molecule has 0 bridgehead atoms. The lowest BCUT2D eigenvalue weighted by atomic mass is 9.95. The first kappa shape index (κ1) is 13.7. The van der Waals surface area contributed by atoms with Gasteiger partial charge in [-0.15, -0.1) is 0 Å². The second kappa shape index (κ2) is 5.48. The van der Waals surface area contributed by atoms with Crippen LogP contribution in [-0.4, -0.2) is 37.4 Å². The Morgan fingerprint density at radius 3 is 2.84 bits per heavy atom. The second-order valence-corrected chi connectivity index (χ2v) is 5.06. The van der Waals surface area contributed by atoms with Crippen molar-refractivity contribution in [3.05, 3.63) is 23.8 Å². The zero-order chi connectivity index (χ0) is 14.0. The Labute approximate surface area is 113 Å². The fourth-order valence-corrected chi connectivity index (χ4v) is 2.52. The van der Waals surface area contributed by atoms with Crippen molar-refractivity contribution >= 4 is 17.3 Å². The average molecular weight is 264 g/mol. The minimum atomic E-state index is -0.994. The molecule has 0 aliphatic carbocycles. The Hall–Kier alpha value is -1.75. The van der Waals surface area contributed by atoms with Crippen molar-refractivity contribution in [2.24, 2.45) is 5.92 Å². The Bertz CT molecular complexity index is 476. The van der Waals surface area contributed by atoms with Crippen LogP contribution in [0.5, 0.6) is 0 Å². The van der Waals surface area contributed by atoms with Crippen molar-refractivity contribution < 1.29 is 14.6 Å². The number of carboxylic acids is 1. The first-order valence-corrected chi connectivity index (χ1v) is 6.43. The average Bonchev–Trinajstić information content (AvgIpc) is 2.38. The second-order valence-electron chi connectivity index (χ2n) is 5.06. The number of aromatic carboxylic acids is 1. The maximum Gasteiger partial charge on any atom is 0.337 e. The van der Waals surface area contributed by atoms with Crippen molar-refractivity contribution in [1.29, 1.82) is 0 Å². The Morgan fingerprint density at radius 2 is 2.26 bits per heavy atom. The molecular formula is C14H20N2O3. The van der Waals surface area contributed by atoms with Crippen LogP contribution in [-0.2, 0) is 4.74 Å². The summed E-state index contributed by atoms with van der Waals surface area (Å²) in [6, 6.07) is 5.10. The summed E-state index contributed by atoms with van der Waals surface area (Å²) in [7, 11) is 1.73. The van der Waals surface area contributed by atoms with E-state index >= 15 is 0 Å². The van der Waals surface area contributed by atoms with E-state index in [1.54, 1.807) is 19.2 Å². The predicted molar refractivity (Wildman–Crippen MR) is 74.6 cm³/mol. The molecule has 1 aliphatic heterocycles. The molecule has 5 nitrogen and oxygen atoms in total. The summed E-state index contributed by atoms with van der Waals surface area (Å²) in [4.78, 5) is 13.1. The molecule has 0 aromatic heterocycles. The molecule has 1 aliphatic rings. The third-order valence-corrected chi connectivity index (χ3v) is 3.82. The number of rotatable bonds is 3. The minimum absolute atomic E-state index is 0.150. The monoisotopic (exact) mass is 264 g/mol. The molecule has 2 rings (SSSR count). The van der Waals surface area contributed by atoms with Gasteiger partial charge in [-0.25, -0.2) is 4.79 Å². The molecule has 19 heavy (non-hydrogen) atoms. The molecule has 0 spiro atoms. The highest BCUT2D eigenvalue weighted by atomic mass is 16.5. The van der Waals surface area contributed by atoms with E-state index in [1.165, 1.54) is 0 Å². The number of anilines is 2. The molecule has 1 aromatic carbocycles. The third-order valence-electron chi connectivity index (χ3n) is 3.82. The van der Waals surface area contributed by atoms with Gasteiger partial charge in [-0.2, -0.15) is 0 Å². The lowest BCUT2D eigenvalue weighted by Gasteiger charge is -2.37. The molecule has 0 saturated carbocycles. The molecule has 1 saturated heterocycles. The normalized spacial score (nSPS) is 23.4. The SMILES string of the molecule is COC1CN(c2ccc(C(=O)O)c(N)c2)CCC1C. The maximum absolute atomic E-state index is 10.9. The third kappa shape index (κ3) is 2.81. The Morgan fingerprint density at radius 1 is 1.53 bits per heavy atom. The molecule has 104 valence electrons. The molecule has 0 amide bonds. The number of hydrogen-bond donors (Lipinski definition) is 2. The van der Waals surface area contributed by atoms with Gasteiger partial charge < -0.3 is 20.5 Å². The van der Waals surface area contributed by atoms with Gasteiger partial charge in [0.05, 0.1) is 11.7 Å². The molecule has 2 atom stereocenters. The van der Waals surface area contributed by atoms with Gasteiger partial charge in [0.15, 0.2) is 0 Å². The molecular weight excluding hydrogens is 244 g/mol. The molecule has 5 heteroatoms. The largest absolute Gasteiger partial charge is 0.478 e. The van der Waals surface area contributed by atoms with E-state index in [1.807, 2.05) is 6.07 Å². The molecule has 1 aromatic rings. The first-order valence-electron chi connectivity index (χ1n) is 6.43. The van der Waals surface area contributed by atoms with Crippen molar-refractivity contribution in [3.8, 4) is 0 Å². The summed E-state index contributed by atoms with van der Waals surface area (Å²) in [5.41, 5.74) is 7.19. The van der Waals surface area contributed by atoms with Crippen molar-refractivity contribution in [1.82, 2.24) is 0 Å². The number of piperidine rings is 1. The molecule has 3 N–H and O–H groups in total. The van der Waals surface area contributed by atoms with Gasteiger partial charge in [0, 0.05) is 31.6 Å². The molecule has 0 radical (unpaired) electrons. The number of hydrogen-bond acceptors (Lipinski definition) is 4. The summed E-state index contributed by atoms with van der Waals surface area (Å²) >= 11 is 0. The summed E-state index contributed by atoms with van der Waals surface area (Å²) in [6.45, 7) is 3.93. The topological polar surface area (TPSA) is 75.8 Å². The summed E-state index contributed by atoms with van der Waals surface area (Å²) in [6.07, 6.45) is 1.26. The maximum atomic E-state index is 10.9. The lowest BCUT2D eigenvalue weighted by molar-refractivity contribution is 0.0498. The van der Waals surface area contributed by atoms with Crippen molar-refractivity contribution in [2.45, 2.75) is 19.4 Å². The smallest absolute Gasteiger partial charge is 0.337 e. The van der Waals surface area contributed by atoms with Crippen LogP contribution in [0.3, 0.4) is 0 Å². The van der Waals surface area contributed by atoms with Gasteiger partial charge in [-0.05, 0) is 30.5 Å². The quantitative estimate of drug-likeness (QED) is 0.815. The van der Waals surface area contributed by atoms with Crippen molar-refractivity contribution in [2.75, 3.05) is 30.8 Å². The van der Waals surface area contributed by atoms with Crippen molar-refractivity contribution in [3.63, 3.8) is 0 Å². The van der Waals surface area contributed by atoms with Crippen LogP contribution in [0.2, 0.25) is 0 Å². The summed E-state index contributed by atoms with van der Waals surface area (Å²) in [5.74, 6) is -0.456. The van der Waals surface area contributed by atoms with Gasteiger partial charge in [0.2, 0.25) is 0 Å². The molecule has 2 unspecified atom stereocenters. The van der Waals surface area contributed by atoms with Gasteiger partial charge in [0.25, 0.3) is 0 Å². The molecule has 1 heterocycles. The van der Waals surface area contributed by atoms with E-state index in [2.05, 4.69) is 11.8 Å². The van der Waals surface area contributed by atoms with Crippen LogP contribution < -0.4 is 10.6 Å². The number of nitrogen functional groups attached to an aromatic ring is 1. The van der Waals surface area contributed by atoms with E-state index in [0.717, 1.165) is 25.2 Å². The minimum Gasteiger partial charge on any atom is -0.478 e. The van der Waals surface area contributed by atoms with Crippen LogP contribution in [0, 0.1) is 5.92 Å². The lowest BCUT2D eigenvalue weighted by Crippen LogP contribution is -2.43. The Kier molecular flexibility index (Phi) is 3.95. The van der Waals surface area contributed by atoms with Crippen LogP contribution in [0.1, 0.15) is 23.7 Å². The number of ether oxygens (including phenoxy) is 1. The summed E-state index contributed by atoms with van der Waals surface area (Å²) < 4.78 is 5.48. The van der Waals surface area contributed by atoms with E-state index in [4.69, 9.17) is 15.6 Å². The standard InChI is InChI=1S/C14H20N2O3/c1-9-5-6-16(8-13(9)19-2)10-3-4-11(14(17)18)12(15)7-10/h3-4,7,9,13H,5-6,8,15H2,1-2H3,(H,17,18). The number of nitrogens with two attached hydrogens (primary N) is 1. The zero-order valence-electron chi connectivity index (χ0n) is 11.3. The highest BCUT2D eigenvalue weighted by molar-refractivity contribution is 5.94. The highest BCUT2D eigenvalue weighted by Crippen LogP contribution is 2.27. The van der Waals surface area contributed by atoms with E-state index in [0.29, 0.717) is 11.6 Å². The number of methoxy groups -OCH3 is 1. The number of nitrogens with zero attached hydrogens (tertiary/aromatic N) is 1. The predicted octanol–water partition coefficient (Wildman–Crippen LogP) is 1.83. The fraction of sp³-hybridized carbons (Fsp3) is 0.500. The number of carbonyl (C=O) groups is 1. The number of carboxylic acid groups (broad SMARTS) is 1. The fourth-order valence-electron chi connectivity index (χ4n) is 2.52. The van der Waals surface area contributed by atoms with Crippen LogP contribution >= 0.6 is 0 Å². The summed E-state index contributed by atoms with van der Waals surface area (Å²) in [5, 5.41) is 8.97. The first-order chi connectivity index (χ1) is 9.02. The zero-order valence-corrected chi connectivity index (χ0v) is 11.3. The highest BCUT2D eigenvalue weighted by Gasteiger charge is 2.26. The van der Waals surface area contributed by atoms with Gasteiger partial charge >= 0.3 is 5.97 Å².